The molecule has 1 aliphatic rings. The molecule has 0 unspecified atom stereocenters. The lowest BCUT2D eigenvalue weighted by molar-refractivity contribution is 0.0526. The Morgan fingerprint density at radius 1 is 1.39 bits per heavy atom. The number of hydrogen-bond donors (Lipinski definition) is 2. The van der Waals surface area contributed by atoms with Crippen molar-refractivity contribution in [3.05, 3.63) is 16.0 Å². The normalized spacial score (nSPS) is 13.3. The molecule has 0 amide bonds. The van der Waals surface area contributed by atoms with Gasteiger partial charge in [0, 0.05) is 11.4 Å². The predicted molar refractivity (Wildman–Crippen MR) is 104 cm³/mol. The van der Waals surface area contributed by atoms with Crippen molar-refractivity contribution in [2.45, 2.75) is 39.0 Å². The van der Waals surface area contributed by atoms with Crippen LogP contribution in [0, 0.1) is 0 Å². The van der Waals surface area contributed by atoms with Crippen LogP contribution in [0.25, 0.3) is 0 Å². The van der Waals surface area contributed by atoms with Gasteiger partial charge in [0.1, 0.15) is 5.00 Å². The van der Waals surface area contributed by atoms with Gasteiger partial charge in [0.05, 0.1) is 12.2 Å². The van der Waals surface area contributed by atoms with Gasteiger partial charge in [0.15, 0.2) is 5.11 Å². The number of thiophene rings is 1. The van der Waals surface area contributed by atoms with Crippen LogP contribution in [-0.2, 0) is 17.6 Å². The molecule has 23 heavy (non-hydrogen) atoms. The average molecular weight is 373 g/mol. The third kappa shape index (κ3) is 5.09. The van der Waals surface area contributed by atoms with E-state index >= 15 is 0 Å². The molecule has 2 rings (SSSR count). The fourth-order valence-electron chi connectivity index (χ4n) is 2.64. The summed E-state index contributed by atoms with van der Waals surface area (Å²) < 4.78 is 5.25. The SMILES string of the molecule is CCOC(=O)c1c(NC(=S)NCCCSC)sc2c1CCCC2. The van der Waals surface area contributed by atoms with Crippen molar-refractivity contribution in [3.8, 4) is 0 Å². The fourth-order valence-corrected chi connectivity index (χ4v) is 4.62. The second-order valence-electron chi connectivity index (χ2n) is 5.36. The molecule has 128 valence electrons. The van der Waals surface area contributed by atoms with Crippen molar-refractivity contribution < 1.29 is 9.53 Å². The van der Waals surface area contributed by atoms with E-state index in [1.54, 1.807) is 11.3 Å². The van der Waals surface area contributed by atoms with Crippen LogP contribution in [0.5, 0.6) is 0 Å². The maximum absolute atomic E-state index is 12.4. The Morgan fingerprint density at radius 3 is 2.91 bits per heavy atom. The second kappa shape index (κ2) is 9.49. The van der Waals surface area contributed by atoms with Crippen molar-refractivity contribution in [3.63, 3.8) is 0 Å². The van der Waals surface area contributed by atoms with Gasteiger partial charge >= 0.3 is 5.97 Å². The summed E-state index contributed by atoms with van der Waals surface area (Å²) in [5, 5.41) is 7.83. The van der Waals surface area contributed by atoms with E-state index in [1.165, 1.54) is 11.3 Å². The molecule has 0 saturated heterocycles. The van der Waals surface area contributed by atoms with Gasteiger partial charge in [0.2, 0.25) is 0 Å². The van der Waals surface area contributed by atoms with Gasteiger partial charge in [0.25, 0.3) is 0 Å². The molecular weight excluding hydrogens is 348 g/mol. The third-order valence-corrected chi connectivity index (χ3v) is 5.84. The summed E-state index contributed by atoms with van der Waals surface area (Å²) in [6, 6.07) is 0. The molecule has 1 aromatic rings. The Bertz CT molecular complexity index is 558. The fraction of sp³-hybridized carbons (Fsp3) is 0.625. The molecule has 0 spiro atoms. The van der Waals surface area contributed by atoms with Crippen LogP contribution in [0.3, 0.4) is 0 Å². The summed E-state index contributed by atoms with van der Waals surface area (Å²) in [4.78, 5) is 13.7. The number of thioether (sulfide) groups is 1. The summed E-state index contributed by atoms with van der Waals surface area (Å²) in [7, 11) is 0. The first-order valence-corrected chi connectivity index (χ1v) is 10.6. The summed E-state index contributed by atoms with van der Waals surface area (Å²) in [6.07, 6.45) is 7.48. The minimum absolute atomic E-state index is 0.236. The minimum Gasteiger partial charge on any atom is -0.462 e. The molecule has 0 radical (unpaired) electrons. The monoisotopic (exact) mass is 372 g/mol. The predicted octanol–water partition coefficient (Wildman–Crippen LogP) is 3.84. The quantitative estimate of drug-likeness (QED) is 0.431. The summed E-state index contributed by atoms with van der Waals surface area (Å²) in [5.74, 6) is 0.872. The summed E-state index contributed by atoms with van der Waals surface area (Å²) in [6.45, 7) is 3.06. The Labute approximate surface area is 151 Å². The highest BCUT2D eigenvalue weighted by molar-refractivity contribution is 7.98. The molecule has 0 saturated carbocycles. The van der Waals surface area contributed by atoms with E-state index in [2.05, 4.69) is 16.9 Å². The van der Waals surface area contributed by atoms with E-state index in [1.807, 2.05) is 18.7 Å². The number of anilines is 1. The third-order valence-electron chi connectivity index (χ3n) is 3.69. The molecule has 0 fully saturated rings. The number of ether oxygens (including phenoxy) is 1. The number of esters is 1. The van der Waals surface area contributed by atoms with Crippen LogP contribution < -0.4 is 10.6 Å². The lowest BCUT2D eigenvalue weighted by Crippen LogP contribution is -2.29. The molecule has 0 aliphatic heterocycles. The molecule has 1 aromatic heterocycles. The van der Waals surface area contributed by atoms with Crippen molar-refractivity contribution >= 4 is 51.4 Å². The van der Waals surface area contributed by atoms with Crippen molar-refractivity contribution in [1.29, 1.82) is 0 Å². The van der Waals surface area contributed by atoms with Gasteiger partial charge in [-0.05, 0) is 68.8 Å². The van der Waals surface area contributed by atoms with Gasteiger partial charge in [-0.15, -0.1) is 11.3 Å². The molecule has 4 nitrogen and oxygen atoms in total. The van der Waals surface area contributed by atoms with Crippen LogP contribution in [0.1, 0.15) is 47.0 Å². The van der Waals surface area contributed by atoms with Crippen LogP contribution in [0.15, 0.2) is 0 Å². The van der Waals surface area contributed by atoms with Crippen molar-refractivity contribution in [2.75, 3.05) is 30.5 Å². The van der Waals surface area contributed by atoms with Gasteiger partial charge in [-0.1, -0.05) is 0 Å². The molecule has 7 heteroatoms. The number of fused-ring (bicyclic) bond motifs is 1. The topological polar surface area (TPSA) is 50.4 Å². The summed E-state index contributed by atoms with van der Waals surface area (Å²) in [5.41, 5.74) is 1.85. The van der Waals surface area contributed by atoms with E-state index in [-0.39, 0.29) is 5.97 Å². The number of hydrogen-bond acceptors (Lipinski definition) is 5. The molecule has 0 bridgehead atoms. The van der Waals surface area contributed by atoms with E-state index < -0.39 is 0 Å². The Kier molecular flexibility index (Phi) is 7.65. The van der Waals surface area contributed by atoms with E-state index in [0.29, 0.717) is 17.3 Å². The van der Waals surface area contributed by atoms with Gasteiger partial charge in [-0.3, -0.25) is 0 Å². The van der Waals surface area contributed by atoms with E-state index in [9.17, 15) is 4.79 Å². The molecule has 2 N–H and O–H groups in total. The Hall–Kier alpha value is -0.790. The number of carbonyl (C=O) groups is 1. The zero-order valence-electron chi connectivity index (χ0n) is 13.7. The maximum Gasteiger partial charge on any atom is 0.341 e. The van der Waals surface area contributed by atoms with Crippen LogP contribution >= 0.6 is 35.3 Å². The molecule has 0 atom stereocenters. The highest BCUT2D eigenvalue weighted by Crippen LogP contribution is 2.38. The first-order valence-electron chi connectivity index (χ1n) is 8.02. The number of nitrogens with one attached hydrogen (secondary N) is 2. The van der Waals surface area contributed by atoms with Crippen LogP contribution in [0.4, 0.5) is 5.00 Å². The van der Waals surface area contributed by atoms with Gasteiger partial charge < -0.3 is 15.4 Å². The second-order valence-corrected chi connectivity index (χ2v) is 7.86. The van der Waals surface area contributed by atoms with Gasteiger partial charge in [-0.25, -0.2) is 4.79 Å². The average Bonchev–Trinajstić information content (AvgIpc) is 2.89. The van der Waals surface area contributed by atoms with Gasteiger partial charge in [-0.2, -0.15) is 11.8 Å². The van der Waals surface area contributed by atoms with Crippen LogP contribution in [-0.4, -0.2) is 36.2 Å². The highest BCUT2D eigenvalue weighted by Gasteiger charge is 2.26. The van der Waals surface area contributed by atoms with E-state index in [4.69, 9.17) is 17.0 Å². The number of aryl methyl sites for hydroxylation is 1. The van der Waals surface area contributed by atoms with E-state index in [0.717, 1.165) is 48.5 Å². The summed E-state index contributed by atoms with van der Waals surface area (Å²) >= 11 is 8.83. The molecule has 1 aliphatic carbocycles. The zero-order valence-corrected chi connectivity index (χ0v) is 16.1. The van der Waals surface area contributed by atoms with Crippen molar-refractivity contribution in [1.82, 2.24) is 5.32 Å². The first kappa shape index (κ1) is 18.5. The Balaban J connectivity index is 2.09. The number of carbonyl (C=O) groups excluding carboxylic acids is 1. The minimum atomic E-state index is -0.236. The standard InChI is InChI=1S/C16H24N2O2S3/c1-3-20-15(19)13-11-7-4-5-8-12(11)23-14(13)18-16(21)17-9-6-10-22-2/h3-10H2,1-2H3,(H2,17,18,21). The smallest absolute Gasteiger partial charge is 0.341 e. The lowest BCUT2D eigenvalue weighted by atomic mass is 9.95. The Morgan fingerprint density at radius 2 is 2.17 bits per heavy atom. The van der Waals surface area contributed by atoms with Crippen molar-refractivity contribution in [2.24, 2.45) is 0 Å². The lowest BCUT2D eigenvalue weighted by Gasteiger charge is -2.13. The first-order chi connectivity index (χ1) is 11.2. The maximum atomic E-state index is 12.4. The highest BCUT2D eigenvalue weighted by atomic mass is 32.2. The molecule has 0 aromatic carbocycles. The molecular formula is C16H24N2O2S3. The largest absolute Gasteiger partial charge is 0.462 e. The van der Waals surface area contributed by atoms with Crippen LogP contribution in [0.2, 0.25) is 0 Å². The zero-order chi connectivity index (χ0) is 16.7. The molecule has 1 heterocycles. The number of rotatable bonds is 7. The number of thiocarbonyl (C=S) groups is 1.